The van der Waals surface area contributed by atoms with Crippen LogP contribution in [0.5, 0.6) is 0 Å². The van der Waals surface area contributed by atoms with Crippen LogP contribution in [0.15, 0.2) is 0 Å². The zero-order valence-corrected chi connectivity index (χ0v) is 27.3. The van der Waals surface area contributed by atoms with Crippen LogP contribution in [0.4, 0.5) is 0 Å². The Bertz CT molecular complexity index is 609. The minimum atomic E-state index is -3.45. The molecule has 0 spiro atoms. The van der Waals surface area contributed by atoms with Gasteiger partial charge in [0.1, 0.15) is 17.9 Å². The average molecular weight is 595 g/mol. The third-order valence-corrected chi connectivity index (χ3v) is 9.68. The van der Waals surface area contributed by atoms with Gasteiger partial charge in [-0.1, -0.05) is 40.5 Å². The van der Waals surface area contributed by atoms with E-state index in [1.54, 1.807) is 0 Å². The van der Waals surface area contributed by atoms with E-state index in [1.165, 1.54) is 0 Å². The molecule has 0 saturated carbocycles. The van der Waals surface area contributed by atoms with E-state index in [9.17, 15) is 0 Å². The van der Waals surface area contributed by atoms with Crippen LogP contribution in [0.1, 0.15) is 93.4 Å². The normalized spacial score (nSPS) is 21.4. The molecule has 2 saturated heterocycles. The molecule has 0 amide bonds. The quantitative estimate of drug-likeness (QED) is 0.0697. The number of rotatable bonds is 28. The second-order valence-corrected chi connectivity index (χ2v) is 13.0. The molecule has 2 aliphatic heterocycles. The third kappa shape index (κ3) is 12.6. The summed E-state index contributed by atoms with van der Waals surface area (Å²) in [5.74, 6) is -1.28. The molecule has 11 heteroatoms. The van der Waals surface area contributed by atoms with Gasteiger partial charge in [-0.2, -0.15) is 0 Å². The molecule has 40 heavy (non-hydrogen) atoms. The lowest BCUT2D eigenvalue weighted by Gasteiger charge is -2.43. The van der Waals surface area contributed by atoms with Crippen molar-refractivity contribution in [3.63, 3.8) is 0 Å². The first-order valence-electron chi connectivity index (χ1n) is 15.8. The Morgan fingerprint density at radius 1 is 0.675 bits per heavy atom. The summed E-state index contributed by atoms with van der Waals surface area (Å²) >= 11 is 0. The van der Waals surface area contributed by atoms with Crippen LogP contribution in [0.2, 0.25) is 0 Å². The molecular formula is C29H58O10Si. The van der Waals surface area contributed by atoms with E-state index in [2.05, 4.69) is 27.7 Å². The molecule has 0 N–H and O–H groups in total. The van der Waals surface area contributed by atoms with E-state index >= 15 is 0 Å². The van der Waals surface area contributed by atoms with Crippen LogP contribution in [0, 0.1) is 0 Å². The highest BCUT2D eigenvalue weighted by Crippen LogP contribution is 2.33. The van der Waals surface area contributed by atoms with Crippen molar-refractivity contribution in [1.29, 1.82) is 0 Å². The Morgan fingerprint density at radius 2 is 1.18 bits per heavy atom. The van der Waals surface area contributed by atoms with Crippen molar-refractivity contribution >= 4 is 8.80 Å². The molecule has 5 unspecified atom stereocenters. The van der Waals surface area contributed by atoms with Crippen molar-refractivity contribution < 1.29 is 46.4 Å². The van der Waals surface area contributed by atoms with Gasteiger partial charge in [0.15, 0.2) is 0 Å². The highest BCUT2D eigenvalue weighted by Gasteiger charge is 2.55. The number of ether oxygens (including phenoxy) is 7. The summed E-state index contributed by atoms with van der Waals surface area (Å²) < 4.78 is 62.9. The van der Waals surface area contributed by atoms with Gasteiger partial charge < -0.3 is 46.4 Å². The predicted molar refractivity (Wildman–Crippen MR) is 154 cm³/mol. The number of epoxide rings is 2. The molecule has 5 atom stereocenters. The molecule has 0 aromatic rings. The highest BCUT2D eigenvalue weighted by atomic mass is 28.4. The molecule has 238 valence electrons. The smallest absolute Gasteiger partial charge is 0.373 e. The first kappa shape index (κ1) is 36.0. The van der Waals surface area contributed by atoms with Crippen molar-refractivity contribution in [2.45, 2.75) is 130 Å². The Morgan fingerprint density at radius 3 is 1.60 bits per heavy atom. The summed E-state index contributed by atoms with van der Waals surface area (Å²) in [6.07, 6.45) is 4.78. The zero-order valence-electron chi connectivity index (χ0n) is 26.3. The SMILES string of the molecule is CCCO[Si](OCCC)(OC(CC(OCC)(OCC)OCC)C(CCC)OCC1CO1)C(CCC)OCC1CO1. The van der Waals surface area contributed by atoms with Crippen molar-refractivity contribution in [2.75, 3.05) is 59.5 Å². The van der Waals surface area contributed by atoms with Gasteiger partial charge in [-0.3, -0.25) is 0 Å². The van der Waals surface area contributed by atoms with Gasteiger partial charge >= 0.3 is 8.80 Å². The van der Waals surface area contributed by atoms with Crippen LogP contribution in [-0.4, -0.2) is 104 Å². The summed E-state index contributed by atoms with van der Waals surface area (Å²) in [5, 5.41) is 0. The second kappa shape index (κ2) is 19.9. The third-order valence-electron chi connectivity index (χ3n) is 6.59. The molecule has 2 aliphatic rings. The Balaban J connectivity index is 2.51. The fourth-order valence-electron chi connectivity index (χ4n) is 4.60. The van der Waals surface area contributed by atoms with E-state index in [-0.39, 0.29) is 24.0 Å². The van der Waals surface area contributed by atoms with E-state index in [1.807, 2.05) is 20.8 Å². The summed E-state index contributed by atoms with van der Waals surface area (Å²) in [6.45, 7) is 19.0. The molecule has 0 radical (unpaired) electrons. The first-order chi connectivity index (χ1) is 19.4. The lowest BCUT2D eigenvalue weighted by atomic mass is 10.0. The van der Waals surface area contributed by atoms with Gasteiger partial charge in [-0.05, 0) is 46.5 Å². The second-order valence-electron chi connectivity index (χ2n) is 10.3. The molecule has 0 bridgehead atoms. The molecule has 10 nitrogen and oxygen atoms in total. The van der Waals surface area contributed by atoms with E-state index in [0.717, 1.165) is 51.7 Å². The molecule has 0 aliphatic carbocycles. The minimum Gasteiger partial charge on any atom is -0.373 e. The van der Waals surface area contributed by atoms with Crippen molar-refractivity contribution in [3.8, 4) is 0 Å². The fourth-order valence-corrected chi connectivity index (χ4v) is 7.92. The summed E-state index contributed by atoms with van der Waals surface area (Å²) in [4.78, 5) is 0. The standard InChI is InChI=1S/C29H58O10Si/c1-8-15-26(32-22-24-20-30-24)27(19-29(34-12-5,35-13-6)36-14-7)39-40(37-17-10-3,38-18-11-4)28(16-9-2)33-23-25-21-31-25/h24-28H,8-23H2,1-7H3. The van der Waals surface area contributed by atoms with Crippen LogP contribution < -0.4 is 0 Å². The van der Waals surface area contributed by atoms with Crippen LogP contribution in [0.3, 0.4) is 0 Å². The van der Waals surface area contributed by atoms with E-state index in [4.69, 9.17) is 46.4 Å². The maximum Gasteiger partial charge on any atom is 0.531 e. The van der Waals surface area contributed by atoms with Crippen molar-refractivity contribution in [2.24, 2.45) is 0 Å². The van der Waals surface area contributed by atoms with Gasteiger partial charge in [0.25, 0.3) is 5.97 Å². The molecule has 2 rings (SSSR count). The zero-order chi connectivity index (χ0) is 29.3. The lowest BCUT2D eigenvalue weighted by Crippen LogP contribution is -2.62. The van der Waals surface area contributed by atoms with Gasteiger partial charge in [-0.25, -0.2) is 0 Å². The monoisotopic (exact) mass is 594 g/mol. The van der Waals surface area contributed by atoms with Crippen molar-refractivity contribution in [1.82, 2.24) is 0 Å². The molecule has 0 aromatic carbocycles. The van der Waals surface area contributed by atoms with Gasteiger partial charge in [0.2, 0.25) is 0 Å². The first-order valence-corrected chi connectivity index (χ1v) is 17.6. The maximum atomic E-state index is 7.19. The number of hydrogen-bond acceptors (Lipinski definition) is 10. The van der Waals surface area contributed by atoms with E-state index < -0.39 is 20.9 Å². The summed E-state index contributed by atoms with van der Waals surface area (Å²) in [5.41, 5.74) is -0.336. The Hall–Kier alpha value is -0.183. The maximum absolute atomic E-state index is 7.19. The summed E-state index contributed by atoms with van der Waals surface area (Å²) in [7, 11) is -3.45. The topological polar surface area (TPSA) is 98.9 Å². The largest absolute Gasteiger partial charge is 0.531 e. The lowest BCUT2D eigenvalue weighted by molar-refractivity contribution is -0.387. The van der Waals surface area contributed by atoms with Gasteiger partial charge in [0, 0.05) is 33.0 Å². The highest BCUT2D eigenvalue weighted by molar-refractivity contribution is 6.62. The molecular weight excluding hydrogens is 536 g/mol. The van der Waals surface area contributed by atoms with Gasteiger partial charge in [0.05, 0.1) is 45.1 Å². The van der Waals surface area contributed by atoms with Crippen molar-refractivity contribution in [3.05, 3.63) is 0 Å². The fraction of sp³-hybridized carbons (Fsp3) is 1.00. The van der Waals surface area contributed by atoms with Crippen LogP contribution >= 0.6 is 0 Å². The van der Waals surface area contributed by atoms with Crippen LogP contribution in [0.25, 0.3) is 0 Å². The van der Waals surface area contributed by atoms with Crippen LogP contribution in [-0.2, 0) is 46.4 Å². The Labute approximate surface area is 244 Å². The Kier molecular flexibility index (Phi) is 17.9. The predicted octanol–water partition coefficient (Wildman–Crippen LogP) is 5.02. The van der Waals surface area contributed by atoms with E-state index in [0.29, 0.717) is 52.7 Å². The number of hydrogen-bond donors (Lipinski definition) is 0. The molecule has 2 fully saturated rings. The summed E-state index contributed by atoms with van der Waals surface area (Å²) in [6, 6.07) is 0. The molecule has 0 aromatic heterocycles. The average Bonchev–Trinajstić information content (AvgIpc) is 3.86. The minimum absolute atomic E-state index is 0.121. The van der Waals surface area contributed by atoms with Gasteiger partial charge in [-0.15, -0.1) is 0 Å². The molecule has 2 heterocycles.